The van der Waals surface area contributed by atoms with Crippen LogP contribution in [0.2, 0.25) is 0 Å². The topological polar surface area (TPSA) is 0 Å². The van der Waals surface area contributed by atoms with Gasteiger partial charge >= 0.3 is 0 Å². The van der Waals surface area contributed by atoms with Crippen molar-refractivity contribution < 1.29 is 13.2 Å². The van der Waals surface area contributed by atoms with Crippen molar-refractivity contribution in [1.82, 2.24) is 0 Å². The van der Waals surface area contributed by atoms with Crippen LogP contribution >= 0.6 is 0 Å². The molecule has 0 N–H and O–H groups in total. The summed E-state index contributed by atoms with van der Waals surface area (Å²) in [6, 6.07) is 6.91. The first kappa shape index (κ1) is 17.4. The van der Waals surface area contributed by atoms with Crippen molar-refractivity contribution in [3.63, 3.8) is 0 Å². The van der Waals surface area contributed by atoms with E-state index >= 15 is 4.39 Å². The van der Waals surface area contributed by atoms with Crippen LogP contribution in [0.5, 0.6) is 0 Å². The first-order chi connectivity index (χ1) is 12.6. The number of hydrogen-bond acceptors (Lipinski definition) is 0. The van der Waals surface area contributed by atoms with E-state index in [1.54, 1.807) is 6.07 Å². The summed E-state index contributed by atoms with van der Waals surface area (Å²) in [7, 11) is 0. The average Bonchev–Trinajstić information content (AvgIpc) is 2.63. The fourth-order valence-corrected chi connectivity index (χ4v) is 4.95. The Morgan fingerprint density at radius 3 is 2.50 bits per heavy atom. The minimum atomic E-state index is -0.538. The Morgan fingerprint density at radius 1 is 1.00 bits per heavy atom. The lowest BCUT2D eigenvalue weighted by Crippen LogP contribution is -2.28. The van der Waals surface area contributed by atoms with E-state index < -0.39 is 17.5 Å². The predicted molar refractivity (Wildman–Crippen MR) is 98.5 cm³/mol. The SMILES string of the molecule is C/C=C/[C@@H]1CC[C@@H]2c3cc(F)c(-c4ccc(F)cc4)c(F)c3CC[C@@H]2C1. The van der Waals surface area contributed by atoms with E-state index in [0.29, 0.717) is 29.4 Å². The number of allylic oxidation sites excluding steroid dienone is 2. The van der Waals surface area contributed by atoms with Gasteiger partial charge in [0.1, 0.15) is 17.5 Å². The van der Waals surface area contributed by atoms with Gasteiger partial charge in [0, 0.05) is 0 Å². The minimum absolute atomic E-state index is 0.0233. The Labute approximate surface area is 152 Å². The number of fused-ring (bicyclic) bond motifs is 3. The molecule has 0 nitrogen and oxygen atoms in total. The van der Waals surface area contributed by atoms with Crippen LogP contribution in [-0.2, 0) is 6.42 Å². The van der Waals surface area contributed by atoms with Crippen LogP contribution in [0.15, 0.2) is 42.5 Å². The van der Waals surface area contributed by atoms with E-state index in [2.05, 4.69) is 12.2 Å². The van der Waals surface area contributed by atoms with Gasteiger partial charge in [-0.15, -0.1) is 0 Å². The lowest BCUT2D eigenvalue weighted by atomic mass is 9.65. The first-order valence-electron chi connectivity index (χ1n) is 9.48. The van der Waals surface area contributed by atoms with E-state index in [9.17, 15) is 8.78 Å². The van der Waals surface area contributed by atoms with Gasteiger partial charge in [0.2, 0.25) is 0 Å². The molecule has 0 aromatic heterocycles. The lowest BCUT2D eigenvalue weighted by Gasteiger charge is -2.40. The molecule has 0 spiro atoms. The van der Waals surface area contributed by atoms with Crippen molar-refractivity contribution in [2.75, 3.05) is 0 Å². The molecule has 0 bridgehead atoms. The quantitative estimate of drug-likeness (QED) is 0.520. The van der Waals surface area contributed by atoms with Crippen LogP contribution in [0.3, 0.4) is 0 Å². The largest absolute Gasteiger partial charge is 0.207 e. The third-order valence-electron chi connectivity index (χ3n) is 6.14. The fourth-order valence-electron chi connectivity index (χ4n) is 4.95. The van der Waals surface area contributed by atoms with Gasteiger partial charge < -0.3 is 0 Å². The normalized spacial score (nSPS) is 25.2. The highest BCUT2D eigenvalue weighted by Gasteiger charge is 2.37. The molecule has 2 aromatic rings. The number of hydrogen-bond donors (Lipinski definition) is 0. The molecule has 0 saturated heterocycles. The summed E-state index contributed by atoms with van der Waals surface area (Å²) in [6.07, 6.45) is 9.16. The van der Waals surface area contributed by atoms with Crippen molar-refractivity contribution in [3.8, 4) is 11.1 Å². The molecule has 2 aliphatic rings. The zero-order valence-electron chi connectivity index (χ0n) is 14.9. The third kappa shape index (κ3) is 2.98. The molecule has 0 unspecified atom stereocenters. The number of rotatable bonds is 2. The van der Waals surface area contributed by atoms with E-state index in [1.807, 2.05) is 6.92 Å². The molecule has 3 atom stereocenters. The van der Waals surface area contributed by atoms with Crippen molar-refractivity contribution in [3.05, 3.63) is 71.1 Å². The van der Waals surface area contributed by atoms with E-state index in [4.69, 9.17) is 0 Å². The second-order valence-corrected chi connectivity index (χ2v) is 7.63. The molecule has 2 aromatic carbocycles. The summed E-state index contributed by atoms with van der Waals surface area (Å²) in [5, 5.41) is 0. The fraction of sp³-hybridized carbons (Fsp3) is 0.391. The molecule has 0 radical (unpaired) electrons. The second kappa shape index (κ2) is 6.94. The molecule has 136 valence electrons. The molecule has 26 heavy (non-hydrogen) atoms. The first-order valence-corrected chi connectivity index (χ1v) is 9.48. The van der Waals surface area contributed by atoms with Crippen LogP contribution in [-0.4, -0.2) is 0 Å². The molecular formula is C23H23F3. The molecule has 1 fully saturated rings. The Balaban J connectivity index is 1.72. The Kier molecular flexibility index (Phi) is 4.64. The van der Waals surface area contributed by atoms with Crippen LogP contribution in [0.1, 0.15) is 49.7 Å². The van der Waals surface area contributed by atoms with Gasteiger partial charge in [-0.25, -0.2) is 13.2 Å². The summed E-state index contributed by atoms with van der Waals surface area (Å²) in [6.45, 7) is 2.05. The van der Waals surface area contributed by atoms with Crippen LogP contribution in [0, 0.1) is 29.3 Å². The van der Waals surface area contributed by atoms with Gasteiger partial charge in [-0.1, -0.05) is 24.3 Å². The van der Waals surface area contributed by atoms with E-state index in [-0.39, 0.29) is 11.5 Å². The number of benzene rings is 2. The zero-order valence-corrected chi connectivity index (χ0v) is 14.9. The predicted octanol–water partition coefficient (Wildman–Crippen LogP) is 6.79. The smallest absolute Gasteiger partial charge is 0.137 e. The second-order valence-electron chi connectivity index (χ2n) is 7.63. The summed E-state index contributed by atoms with van der Waals surface area (Å²) < 4.78 is 43.2. The summed E-state index contributed by atoms with van der Waals surface area (Å²) in [4.78, 5) is 0. The van der Waals surface area contributed by atoms with Crippen molar-refractivity contribution in [1.29, 1.82) is 0 Å². The van der Waals surface area contributed by atoms with Gasteiger partial charge in [0.15, 0.2) is 0 Å². The minimum Gasteiger partial charge on any atom is -0.207 e. The van der Waals surface area contributed by atoms with Crippen molar-refractivity contribution >= 4 is 0 Å². The molecule has 2 aliphatic carbocycles. The Bertz CT molecular complexity index is 836. The molecule has 4 rings (SSSR count). The van der Waals surface area contributed by atoms with Gasteiger partial charge in [0.05, 0.1) is 5.56 Å². The molecule has 1 saturated carbocycles. The van der Waals surface area contributed by atoms with Crippen LogP contribution in [0.25, 0.3) is 11.1 Å². The standard InChI is InChI=1S/C23H23F3/c1-2-3-14-4-10-18-16(12-14)7-11-19-20(18)13-21(25)22(23(19)26)15-5-8-17(24)9-6-15/h2-3,5-6,8-9,13-14,16,18H,4,7,10-12H2,1H3/b3-2+/t14-,16-,18+/m1/s1. The summed E-state index contributed by atoms with van der Waals surface area (Å²) >= 11 is 0. The van der Waals surface area contributed by atoms with Gasteiger partial charge in [-0.05, 0) is 91.7 Å². The molecule has 0 heterocycles. The Morgan fingerprint density at radius 2 is 1.77 bits per heavy atom. The van der Waals surface area contributed by atoms with E-state index in [0.717, 1.165) is 31.2 Å². The molecule has 0 aliphatic heterocycles. The Hall–Kier alpha value is -2.03. The lowest BCUT2D eigenvalue weighted by molar-refractivity contribution is 0.234. The average molecular weight is 356 g/mol. The molecule has 3 heteroatoms. The highest BCUT2D eigenvalue weighted by molar-refractivity contribution is 5.67. The summed E-state index contributed by atoms with van der Waals surface area (Å²) in [5.74, 6) is -0.0478. The van der Waals surface area contributed by atoms with Gasteiger partial charge in [-0.2, -0.15) is 0 Å². The zero-order chi connectivity index (χ0) is 18.3. The van der Waals surface area contributed by atoms with Gasteiger partial charge in [0.25, 0.3) is 0 Å². The molecular weight excluding hydrogens is 333 g/mol. The highest BCUT2D eigenvalue weighted by Crippen LogP contribution is 2.49. The maximum atomic E-state index is 15.2. The van der Waals surface area contributed by atoms with Crippen LogP contribution < -0.4 is 0 Å². The third-order valence-corrected chi connectivity index (χ3v) is 6.14. The van der Waals surface area contributed by atoms with E-state index in [1.165, 1.54) is 24.3 Å². The van der Waals surface area contributed by atoms with Crippen molar-refractivity contribution in [2.45, 2.75) is 44.9 Å². The van der Waals surface area contributed by atoms with Crippen LogP contribution in [0.4, 0.5) is 13.2 Å². The molecule has 0 amide bonds. The number of halogens is 3. The van der Waals surface area contributed by atoms with Crippen molar-refractivity contribution in [2.24, 2.45) is 11.8 Å². The maximum absolute atomic E-state index is 15.2. The van der Waals surface area contributed by atoms with Gasteiger partial charge in [-0.3, -0.25) is 0 Å². The maximum Gasteiger partial charge on any atom is 0.137 e. The monoisotopic (exact) mass is 356 g/mol. The summed E-state index contributed by atoms with van der Waals surface area (Å²) in [5.41, 5.74) is 1.89. The highest BCUT2D eigenvalue weighted by atomic mass is 19.1.